The molecule has 3 aromatic carbocycles. The van der Waals surface area contributed by atoms with Gasteiger partial charge >= 0.3 is 0 Å². The van der Waals surface area contributed by atoms with Crippen molar-refractivity contribution in [3.63, 3.8) is 0 Å². The molecule has 0 heterocycles. The third-order valence-electron chi connectivity index (χ3n) is 5.71. The molecule has 0 fully saturated rings. The summed E-state index contributed by atoms with van der Waals surface area (Å²) in [5.74, 6) is 0.485. The molecule has 2 amide bonds. The van der Waals surface area contributed by atoms with Crippen LogP contribution in [0.4, 0.5) is 0 Å². The van der Waals surface area contributed by atoms with Gasteiger partial charge in [0.1, 0.15) is 11.8 Å². The molecule has 0 aromatic heterocycles. The number of carbonyl (C=O) groups excluding carboxylic acids is 2. The highest BCUT2D eigenvalue weighted by Crippen LogP contribution is 2.22. The van der Waals surface area contributed by atoms with E-state index in [2.05, 4.69) is 37.2 Å². The van der Waals surface area contributed by atoms with Crippen molar-refractivity contribution in [2.24, 2.45) is 5.92 Å². The maximum atomic E-state index is 13.6. The van der Waals surface area contributed by atoms with Gasteiger partial charge in [0.2, 0.25) is 5.91 Å². The summed E-state index contributed by atoms with van der Waals surface area (Å²) >= 11 is 6.95. The van der Waals surface area contributed by atoms with Crippen LogP contribution in [0.1, 0.15) is 30.5 Å². The first-order chi connectivity index (χ1) is 17.2. The normalized spacial score (nSPS) is 11.7. The molecule has 0 unspecified atom stereocenters. The van der Waals surface area contributed by atoms with Gasteiger partial charge < -0.3 is 15.0 Å². The molecule has 3 aromatic rings. The summed E-state index contributed by atoms with van der Waals surface area (Å²) in [4.78, 5) is 28.7. The molecular formula is C29H32Br2N2O3. The Hall–Kier alpha value is -2.64. The van der Waals surface area contributed by atoms with E-state index in [1.54, 1.807) is 4.90 Å². The molecule has 1 N–H and O–H groups in total. The fraction of sp³-hybridized carbons (Fsp3) is 0.310. The molecule has 0 spiro atoms. The van der Waals surface area contributed by atoms with Crippen LogP contribution in [-0.4, -0.2) is 35.9 Å². The number of hydrogen-bond acceptors (Lipinski definition) is 3. The molecule has 5 nitrogen and oxygen atoms in total. The Bertz CT molecular complexity index is 1150. The second kappa shape index (κ2) is 13.6. The van der Waals surface area contributed by atoms with Gasteiger partial charge in [0.05, 0.1) is 0 Å². The van der Waals surface area contributed by atoms with Crippen LogP contribution in [0.25, 0.3) is 0 Å². The van der Waals surface area contributed by atoms with Crippen molar-refractivity contribution in [2.45, 2.75) is 39.8 Å². The smallest absolute Gasteiger partial charge is 0.261 e. The Morgan fingerprint density at radius 2 is 1.64 bits per heavy atom. The zero-order chi connectivity index (χ0) is 26.1. The Kier molecular flexibility index (Phi) is 10.6. The van der Waals surface area contributed by atoms with Crippen LogP contribution in [-0.2, 0) is 22.6 Å². The summed E-state index contributed by atoms with van der Waals surface area (Å²) in [5.41, 5.74) is 2.93. The maximum Gasteiger partial charge on any atom is 0.261 e. The molecule has 7 heteroatoms. The molecule has 0 aliphatic carbocycles. The van der Waals surface area contributed by atoms with Crippen molar-refractivity contribution in [2.75, 3.05) is 13.2 Å². The molecule has 0 bridgehead atoms. The molecular weight excluding hydrogens is 584 g/mol. The van der Waals surface area contributed by atoms with E-state index in [9.17, 15) is 9.59 Å². The first kappa shape index (κ1) is 27.9. The van der Waals surface area contributed by atoms with Crippen molar-refractivity contribution in [3.8, 4) is 5.75 Å². The van der Waals surface area contributed by atoms with Gasteiger partial charge in [0, 0.05) is 28.5 Å². The van der Waals surface area contributed by atoms with Crippen molar-refractivity contribution in [1.29, 1.82) is 0 Å². The molecule has 3 rings (SSSR count). The second-order valence-electron chi connectivity index (χ2n) is 9.19. The minimum absolute atomic E-state index is 0.166. The lowest BCUT2D eigenvalue weighted by Gasteiger charge is -2.31. The zero-order valence-corrected chi connectivity index (χ0v) is 24.0. The fourth-order valence-electron chi connectivity index (χ4n) is 3.70. The van der Waals surface area contributed by atoms with E-state index in [0.717, 1.165) is 25.6 Å². The predicted molar refractivity (Wildman–Crippen MR) is 151 cm³/mol. The predicted octanol–water partition coefficient (Wildman–Crippen LogP) is 6.31. The number of rotatable bonds is 11. The number of nitrogens with one attached hydrogen (secondary N) is 1. The molecule has 0 saturated heterocycles. The highest BCUT2D eigenvalue weighted by molar-refractivity contribution is 9.10. The summed E-state index contributed by atoms with van der Waals surface area (Å²) < 4.78 is 7.80. The topological polar surface area (TPSA) is 58.6 Å². The molecule has 0 aliphatic heterocycles. The summed E-state index contributed by atoms with van der Waals surface area (Å²) in [6.07, 6.45) is 0.407. The van der Waals surface area contributed by atoms with Gasteiger partial charge in [-0.05, 0) is 59.9 Å². The van der Waals surface area contributed by atoms with E-state index >= 15 is 0 Å². The van der Waals surface area contributed by atoms with Gasteiger partial charge in [-0.25, -0.2) is 0 Å². The van der Waals surface area contributed by atoms with E-state index < -0.39 is 6.04 Å². The van der Waals surface area contributed by atoms with Crippen LogP contribution < -0.4 is 10.1 Å². The molecule has 0 aliphatic rings. The van der Waals surface area contributed by atoms with Crippen LogP contribution in [0.5, 0.6) is 5.75 Å². The van der Waals surface area contributed by atoms with Crippen LogP contribution in [0.15, 0.2) is 81.7 Å². The largest absolute Gasteiger partial charge is 0.484 e. The van der Waals surface area contributed by atoms with E-state index in [-0.39, 0.29) is 18.4 Å². The van der Waals surface area contributed by atoms with E-state index in [0.29, 0.717) is 31.2 Å². The number of ether oxygens (including phenoxy) is 1. The Morgan fingerprint density at radius 1 is 0.944 bits per heavy atom. The third-order valence-corrected chi connectivity index (χ3v) is 7.13. The number of hydrogen-bond donors (Lipinski definition) is 1. The molecule has 1 atom stereocenters. The maximum absolute atomic E-state index is 13.6. The molecule has 36 heavy (non-hydrogen) atoms. The molecule has 0 radical (unpaired) electrons. The van der Waals surface area contributed by atoms with Gasteiger partial charge in [0.25, 0.3) is 5.91 Å². The lowest BCUT2D eigenvalue weighted by atomic mass is 10.0. The van der Waals surface area contributed by atoms with E-state index in [1.165, 1.54) is 0 Å². The summed E-state index contributed by atoms with van der Waals surface area (Å²) in [7, 11) is 0. The average molecular weight is 616 g/mol. The first-order valence-corrected chi connectivity index (χ1v) is 13.6. The van der Waals surface area contributed by atoms with Crippen LogP contribution in [0, 0.1) is 12.8 Å². The SMILES string of the molecule is Cc1cc(OCC(=O)N(Cc2ccc(Br)cc2)[C@@H](Cc2ccccc2)C(=O)NCC(C)C)ccc1Br. The van der Waals surface area contributed by atoms with Gasteiger partial charge in [-0.2, -0.15) is 0 Å². The summed E-state index contributed by atoms with van der Waals surface area (Å²) in [6.45, 7) is 6.73. The molecule has 0 saturated carbocycles. The van der Waals surface area contributed by atoms with Crippen LogP contribution >= 0.6 is 31.9 Å². The van der Waals surface area contributed by atoms with Gasteiger partial charge in [-0.3, -0.25) is 9.59 Å². The minimum Gasteiger partial charge on any atom is -0.484 e. The van der Waals surface area contributed by atoms with Gasteiger partial charge in [-0.1, -0.05) is 88.2 Å². The Labute approximate surface area is 230 Å². The fourth-order valence-corrected chi connectivity index (χ4v) is 4.21. The van der Waals surface area contributed by atoms with Gasteiger partial charge in [-0.15, -0.1) is 0 Å². The minimum atomic E-state index is -0.683. The van der Waals surface area contributed by atoms with Crippen LogP contribution in [0.2, 0.25) is 0 Å². The Balaban J connectivity index is 1.89. The summed E-state index contributed by atoms with van der Waals surface area (Å²) in [5, 5.41) is 3.03. The second-order valence-corrected chi connectivity index (χ2v) is 11.0. The van der Waals surface area contributed by atoms with Gasteiger partial charge in [0.15, 0.2) is 6.61 Å². The average Bonchev–Trinajstić information content (AvgIpc) is 2.87. The zero-order valence-electron chi connectivity index (χ0n) is 20.8. The van der Waals surface area contributed by atoms with Crippen molar-refractivity contribution >= 4 is 43.7 Å². The van der Waals surface area contributed by atoms with Crippen molar-refractivity contribution in [1.82, 2.24) is 10.2 Å². The monoisotopic (exact) mass is 614 g/mol. The third kappa shape index (κ3) is 8.49. The number of benzene rings is 3. The number of aryl methyl sites for hydroxylation is 1. The van der Waals surface area contributed by atoms with E-state index in [1.807, 2.05) is 93.6 Å². The lowest BCUT2D eigenvalue weighted by molar-refractivity contribution is -0.142. The van der Waals surface area contributed by atoms with Crippen LogP contribution in [0.3, 0.4) is 0 Å². The summed E-state index contributed by atoms with van der Waals surface area (Å²) in [6, 6.07) is 22.5. The number of halogens is 2. The van der Waals surface area contributed by atoms with Crippen molar-refractivity contribution < 1.29 is 14.3 Å². The van der Waals surface area contributed by atoms with Crippen molar-refractivity contribution in [3.05, 3.63) is 98.4 Å². The lowest BCUT2D eigenvalue weighted by Crippen LogP contribution is -2.52. The first-order valence-electron chi connectivity index (χ1n) is 12.0. The highest BCUT2D eigenvalue weighted by Gasteiger charge is 2.30. The molecule has 190 valence electrons. The number of amides is 2. The van der Waals surface area contributed by atoms with E-state index in [4.69, 9.17) is 4.74 Å². The number of carbonyl (C=O) groups is 2. The quantitative estimate of drug-likeness (QED) is 0.275. The Morgan fingerprint density at radius 3 is 2.28 bits per heavy atom. The highest BCUT2D eigenvalue weighted by atomic mass is 79.9. The standard InChI is InChI=1S/C29H32Br2N2O3/c1-20(2)17-32-29(35)27(16-22-7-5-4-6-8-22)33(18-23-9-11-24(30)12-10-23)28(34)19-36-25-13-14-26(31)21(3)15-25/h4-15,20,27H,16-19H2,1-3H3,(H,32,35)/t27-/m0/s1. The number of nitrogens with zero attached hydrogens (tertiary/aromatic N) is 1.